The molecule has 5 nitrogen and oxygen atoms in total. The number of sulfonamides is 1. The van der Waals surface area contributed by atoms with E-state index in [-0.39, 0.29) is 4.90 Å². The molecule has 0 saturated carbocycles. The summed E-state index contributed by atoms with van der Waals surface area (Å²) in [6, 6.07) is 1.65. The van der Waals surface area contributed by atoms with Crippen LogP contribution in [0, 0.1) is 6.92 Å². The van der Waals surface area contributed by atoms with Gasteiger partial charge in [0.15, 0.2) is 0 Å². The van der Waals surface area contributed by atoms with E-state index in [9.17, 15) is 8.42 Å². The Morgan fingerprint density at radius 3 is 2.61 bits per heavy atom. The molecule has 0 unspecified atom stereocenters. The van der Waals surface area contributed by atoms with Crippen molar-refractivity contribution in [2.24, 2.45) is 0 Å². The quantitative estimate of drug-likeness (QED) is 0.857. The molecule has 1 N–H and O–H groups in total. The number of aromatic nitrogens is 1. The Balaban J connectivity index is 3.01. The second-order valence-electron chi connectivity index (χ2n) is 4.27. The molecule has 1 aromatic rings. The number of aryl methyl sites for hydroxylation is 1. The second-order valence-corrected chi connectivity index (χ2v) is 6.31. The Hall–Kier alpha value is -1.14. The lowest BCUT2D eigenvalue weighted by atomic mass is 10.3. The van der Waals surface area contributed by atoms with E-state index in [1.165, 1.54) is 10.5 Å². The largest absolute Gasteiger partial charge is 0.373 e. The molecule has 6 heteroatoms. The highest BCUT2D eigenvalue weighted by Gasteiger charge is 2.21. The normalized spacial score (nSPS) is 11.8. The van der Waals surface area contributed by atoms with Gasteiger partial charge in [-0.3, -0.25) is 0 Å². The molecule has 102 valence electrons. The Morgan fingerprint density at radius 2 is 2.11 bits per heavy atom. The maximum atomic E-state index is 12.3. The summed E-state index contributed by atoms with van der Waals surface area (Å²) in [7, 11) is -0.0514. The van der Waals surface area contributed by atoms with Crippen LogP contribution in [-0.2, 0) is 10.0 Å². The lowest BCUT2D eigenvalue weighted by molar-refractivity contribution is 0.459. The Bertz CT molecular complexity index is 500. The van der Waals surface area contributed by atoms with Gasteiger partial charge in [0, 0.05) is 26.8 Å². The Morgan fingerprint density at radius 1 is 1.44 bits per heavy atom. The van der Waals surface area contributed by atoms with Gasteiger partial charge in [0.1, 0.15) is 10.7 Å². The van der Waals surface area contributed by atoms with Crippen LogP contribution < -0.4 is 5.32 Å². The number of rotatable bonds is 6. The van der Waals surface area contributed by atoms with E-state index in [0.717, 1.165) is 18.4 Å². The fraction of sp³-hybridized carbons (Fsp3) is 0.583. The molecule has 0 radical (unpaired) electrons. The summed E-state index contributed by atoms with van der Waals surface area (Å²) in [5, 5.41) is 2.92. The summed E-state index contributed by atoms with van der Waals surface area (Å²) in [5.74, 6) is 0.699. The molecule has 0 aliphatic rings. The average Bonchev–Trinajstić information content (AvgIpc) is 2.35. The van der Waals surface area contributed by atoms with Crippen molar-refractivity contribution in [3.05, 3.63) is 17.8 Å². The molecule has 0 aromatic carbocycles. The summed E-state index contributed by atoms with van der Waals surface area (Å²) in [5.41, 5.74) is 0.822. The van der Waals surface area contributed by atoms with Gasteiger partial charge in [-0.05, 0) is 25.0 Å². The third-order valence-corrected chi connectivity index (χ3v) is 4.65. The van der Waals surface area contributed by atoms with E-state index in [1.54, 1.807) is 20.2 Å². The lowest BCUT2D eigenvalue weighted by Crippen LogP contribution is -2.28. The first kappa shape index (κ1) is 14.9. The summed E-state index contributed by atoms with van der Waals surface area (Å²) < 4.78 is 25.9. The monoisotopic (exact) mass is 271 g/mol. The number of anilines is 1. The van der Waals surface area contributed by atoms with Crippen molar-refractivity contribution in [3.8, 4) is 0 Å². The van der Waals surface area contributed by atoms with Gasteiger partial charge in [0.2, 0.25) is 10.0 Å². The molecule has 0 fully saturated rings. The number of nitrogens with one attached hydrogen (secondary N) is 1. The van der Waals surface area contributed by atoms with Crippen LogP contribution in [0.15, 0.2) is 17.2 Å². The van der Waals surface area contributed by atoms with Crippen molar-refractivity contribution >= 4 is 15.8 Å². The van der Waals surface area contributed by atoms with Gasteiger partial charge < -0.3 is 5.32 Å². The van der Waals surface area contributed by atoms with E-state index in [0.29, 0.717) is 12.4 Å². The van der Waals surface area contributed by atoms with Crippen molar-refractivity contribution < 1.29 is 8.42 Å². The molecule has 1 rings (SSSR count). The molecular weight excluding hydrogens is 250 g/mol. The minimum absolute atomic E-state index is 0.248. The first-order valence-electron chi connectivity index (χ1n) is 6.04. The molecule has 0 bridgehead atoms. The van der Waals surface area contributed by atoms with Gasteiger partial charge in [0.25, 0.3) is 0 Å². The van der Waals surface area contributed by atoms with Crippen LogP contribution in [0.1, 0.15) is 25.3 Å². The van der Waals surface area contributed by atoms with E-state index in [1.807, 2.05) is 13.8 Å². The predicted octanol–water partition coefficient (Wildman–Crippen LogP) is 1.85. The van der Waals surface area contributed by atoms with Gasteiger partial charge in [-0.2, -0.15) is 0 Å². The van der Waals surface area contributed by atoms with Crippen molar-refractivity contribution in [3.63, 3.8) is 0 Å². The maximum Gasteiger partial charge on any atom is 0.244 e. The topological polar surface area (TPSA) is 62.3 Å². The molecule has 0 saturated heterocycles. The van der Waals surface area contributed by atoms with Crippen molar-refractivity contribution in [1.82, 2.24) is 9.29 Å². The van der Waals surface area contributed by atoms with E-state index < -0.39 is 10.0 Å². The number of hydrogen-bond acceptors (Lipinski definition) is 4. The van der Waals surface area contributed by atoms with Crippen LogP contribution in [0.3, 0.4) is 0 Å². The zero-order chi connectivity index (χ0) is 13.8. The molecule has 0 amide bonds. The fourth-order valence-electron chi connectivity index (χ4n) is 1.63. The van der Waals surface area contributed by atoms with Crippen molar-refractivity contribution in [1.29, 1.82) is 0 Å². The molecule has 0 aliphatic heterocycles. The van der Waals surface area contributed by atoms with E-state index in [4.69, 9.17) is 0 Å². The second kappa shape index (κ2) is 6.15. The molecular formula is C12H21N3O2S. The summed E-state index contributed by atoms with van der Waals surface area (Å²) in [4.78, 5) is 4.36. The maximum absolute atomic E-state index is 12.3. The van der Waals surface area contributed by atoms with Crippen LogP contribution in [-0.4, -0.2) is 38.3 Å². The SMILES string of the molecule is CCCCN(C)S(=O)(=O)c1cnc(NC)c(C)c1. The van der Waals surface area contributed by atoms with Crippen molar-refractivity contribution in [2.75, 3.05) is 26.0 Å². The number of nitrogens with zero attached hydrogens (tertiary/aromatic N) is 2. The summed E-state index contributed by atoms with van der Waals surface area (Å²) in [6.07, 6.45) is 3.23. The van der Waals surface area contributed by atoms with Crippen LogP contribution in [0.4, 0.5) is 5.82 Å². The highest BCUT2D eigenvalue weighted by atomic mass is 32.2. The number of hydrogen-bond donors (Lipinski definition) is 1. The van der Waals surface area contributed by atoms with Gasteiger partial charge in [0.05, 0.1) is 0 Å². The Kier molecular flexibility index (Phi) is 5.10. The van der Waals surface area contributed by atoms with Gasteiger partial charge in [-0.1, -0.05) is 13.3 Å². The summed E-state index contributed by atoms with van der Waals surface area (Å²) in [6.45, 7) is 4.41. The molecule has 18 heavy (non-hydrogen) atoms. The third-order valence-electron chi connectivity index (χ3n) is 2.82. The zero-order valence-electron chi connectivity index (χ0n) is 11.4. The third kappa shape index (κ3) is 3.20. The van der Waals surface area contributed by atoms with Gasteiger partial charge >= 0.3 is 0 Å². The minimum atomic E-state index is -3.42. The van der Waals surface area contributed by atoms with E-state index >= 15 is 0 Å². The molecule has 0 atom stereocenters. The Labute approximate surface area is 109 Å². The average molecular weight is 271 g/mol. The van der Waals surface area contributed by atoms with Crippen LogP contribution in [0.2, 0.25) is 0 Å². The highest BCUT2D eigenvalue weighted by Crippen LogP contribution is 2.19. The zero-order valence-corrected chi connectivity index (χ0v) is 12.2. The predicted molar refractivity (Wildman–Crippen MR) is 73.2 cm³/mol. The molecule has 0 spiro atoms. The van der Waals surface area contributed by atoms with Crippen LogP contribution in [0.25, 0.3) is 0 Å². The first-order chi connectivity index (χ1) is 8.43. The number of unbranched alkanes of at least 4 members (excludes halogenated alkanes) is 1. The van der Waals surface area contributed by atoms with Gasteiger partial charge in [-0.15, -0.1) is 0 Å². The standard InChI is InChI=1S/C12H21N3O2S/c1-5-6-7-15(4)18(16,17)11-8-10(2)12(13-3)14-9-11/h8-9H,5-7H2,1-4H3,(H,13,14). The van der Waals surface area contributed by atoms with E-state index in [2.05, 4.69) is 10.3 Å². The molecule has 1 heterocycles. The first-order valence-corrected chi connectivity index (χ1v) is 7.48. The van der Waals surface area contributed by atoms with Gasteiger partial charge in [-0.25, -0.2) is 17.7 Å². The smallest absolute Gasteiger partial charge is 0.244 e. The lowest BCUT2D eigenvalue weighted by Gasteiger charge is -2.17. The van der Waals surface area contributed by atoms with Crippen LogP contribution >= 0.6 is 0 Å². The molecule has 0 aliphatic carbocycles. The van der Waals surface area contributed by atoms with Crippen molar-refractivity contribution in [2.45, 2.75) is 31.6 Å². The number of pyridine rings is 1. The fourth-order valence-corrected chi connectivity index (χ4v) is 2.87. The summed E-state index contributed by atoms with van der Waals surface area (Å²) >= 11 is 0. The minimum Gasteiger partial charge on any atom is -0.373 e. The highest BCUT2D eigenvalue weighted by molar-refractivity contribution is 7.89. The van der Waals surface area contributed by atoms with Crippen LogP contribution in [0.5, 0.6) is 0 Å². The molecule has 1 aromatic heterocycles.